The van der Waals surface area contributed by atoms with Gasteiger partial charge in [0.1, 0.15) is 6.61 Å². The minimum Gasteiger partial charge on any atom is -0.394 e. The molecule has 0 unspecified atom stereocenters. The minimum absolute atomic E-state index is 0.0162. The van der Waals surface area contributed by atoms with Crippen molar-refractivity contribution in [2.24, 2.45) is 11.5 Å². The van der Waals surface area contributed by atoms with Crippen LogP contribution in [0.25, 0.3) is 0 Å². The van der Waals surface area contributed by atoms with Gasteiger partial charge in [-0.15, -0.1) is 0 Å². The van der Waals surface area contributed by atoms with Crippen LogP contribution in [0.15, 0.2) is 0 Å². The van der Waals surface area contributed by atoms with E-state index in [0.29, 0.717) is 6.61 Å². The van der Waals surface area contributed by atoms with E-state index in [-0.39, 0.29) is 26.4 Å². The molecule has 6 N–H and O–H groups in total. The predicted octanol–water partition coefficient (Wildman–Crippen LogP) is -2.42. The molecule has 0 amide bonds. The Morgan fingerprint density at radius 3 is 2.17 bits per heavy atom. The predicted molar refractivity (Wildman–Crippen MR) is 42.0 cm³/mol. The first kappa shape index (κ1) is 11.8. The largest absolute Gasteiger partial charge is 0.394 e. The maximum atomic E-state index is 8.77. The van der Waals surface area contributed by atoms with Crippen LogP contribution < -0.4 is 11.5 Å². The lowest BCUT2D eigenvalue weighted by Gasteiger charge is -2.16. The van der Waals surface area contributed by atoms with Crippen LogP contribution in [0, 0.1) is 0 Å². The van der Waals surface area contributed by atoms with E-state index in [1.54, 1.807) is 0 Å². The maximum absolute atomic E-state index is 8.77. The molecule has 0 aromatic rings. The second-order valence-electron chi connectivity index (χ2n) is 2.38. The van der Waals surface area contributed by atoms with Crippen molar-refractivity contribution in [3.05, 3.63) is 0 Å². The average Bonchev–Trinajstić information content (AvgIpc) is 1.94. The van der Waals surface area contributed by atoms with E-state index in [1.165, 1.54) is 0 Å². The van der Waals surface area contributed by atoms with Crippen molar-refractivity contribution >= 4 is 0 Å². The lowest BCUT2D eigenvalue weighted by Crippen LogP contribution is -2.53. The molecule has 6 heteroatoms. The Labute approximate surface area is 71.1 Å². The first-order chi connectivity index (χ1) is 5.56. The summed E-state index contributed by atoms with van der Waals surface area (Å²) >= 11 is 0. The first-order valence-electron chi connectivity index (χ1n) is 3.63. The highest BCUT2D eigenvalue weighted by molar-refractivity contribution is 4.57. The molecule has 0 rings (SSSR count). The molecule has 0 aromatic carbocycles. The standard InChI is InChI=1S/C6H16N2O4/c7-6(8,10)5-12-4-3-11-2-1-9/h9-10H,1-5,7-8H2. The van der Waals surface area contributed by atoms with Crippen LogP contribution in [0.3, 0.4) is 0 Å². The van der Waals surface area contributed by atoms with Crippen LogP contribution in [0.5, 0.6) is 0 Å². The highest BCUT2D eigenvalue weighted by Gasteiger charge is 2.12. The lowest BCUT2D eigenvalue weighted by molar-refractivity contribution is -0.0528. The van der Waals surface area contributed by atoms with Gasteiger partial charge in [0, 0.05) is 0 Å². The molecule has 74 valence electrons. The fraction of sp³-hybridized carbons (Fsp3) is 1.00. The second kappa shape index (κ2) is 6.30. The van der Waals surface area contributed by atoms with E-state index in [0.717, 1.165) is 0 Å². The summed E-state index contributed by atoms with van der Waals surface area (Å²) in [6, 6.07) is 0. The van der Waals surface area contributed by atoms with Gasteiger partial charge in [-0.05, 0) is 0 Å². The van der Waals surface area contributed by atoms with Gasteiger partial charge in [-0.2, -0.15) is 0 Å². The van der Waals surface area contributed by atoms with Crippen LogP contribution in [0.4, 0.5) is 0 Å². The number of hydrogen-bond donors (Lipinski definition) is 4. The van der Waals surface area contributed by atoms with E-state index >= 15 is 0 Å². The molecule has 0 aliphatic heterocycles. The summed E-state index contributed by atoms with van der Waals surface area (Å²) in [5.41, 5.74) is 10.0. The Hall–Kier alpha value is -0.240. The lowest BCUT2D eigenvalue weighted by atomic mass is 10.5. The molecule has 0 aliphatic rings. The monoisotopic (exact) mass is 180 g/mol. The Kier molecular flexibility index (Phi) is 6.17. The van der Waals surface area contributed by atoms with Gasteiger partial charge in [0.25, 0.3) is 0 Å². The zero-order valence-corrected chi connectivity index (χ0v) is 6.90. The third-order valence-corrected chi connectivity index (χ3v) is 0.941. The van der Waals surface area contributed by atoms with E-state index in [2.05, 4.69) is 0 Å². The van der Waals surface area contributed by atoms with Crippen molar-refractivity contribution in [2.75, 3.05) is 33.0 Å². The third-order valence-electron chi connectivity index (χ3n) is 0.941. The minimum atomic E-state index is -1.78. The van der Waals surface area contributed by atoms with Gasteiger partial charge < -0.3 is 19.7 Å². The SMILES string of the molecule is NC(N)(O)COCCOCCO. The molecule has 0 saturated heterocycles. The molecule has 0 aliphatic carbocycles. The number of aliphatic hydroxyl groups is 2. The fourth-order valence-electron chi connectivity index (χ4n) is 0.520. The van der Waals surface area contributed by atoms with Gasteiger partial charge in [-0.3, -0.25) is 11.5 Å². The number of rotatable bonds is 7. The zero-order chi connectivity index (χ0) is 9.45. The first-order valence-corrected chi connectivity index (χ1v) is 3.63. The van der Waals surface area contributed by atoms with Crippen LogP contribution in [-0.4, -0.2) is 49.1 Å². The Morgan fingerprint density at radius 2 is 1.67 bits per heavy atom. The summed E-state index contributed by atoms with van der Waals surface area (Å²) in [4.78, 5) is 0. The molecular weight excluding hydrogens is 164 g/mol. The highest BCUT2D eigenvalue weighted by Crippen LogP contribution is 1.85. The molecule has 0 aromatic heterocycles. The molecule has 0 spiro atoms. The molecule has 0 radical (unpaired) electrons. The van der Waals surface area contributed by atoms with Crippen LogP contribution >= 0.6 is 0 Å². The van der Waals surface area contributed by atoms with Crippen LogP contribution in [0.1, 0.15) is 0 Å². The van der Waals surface area contributed by atoms with E-state index in [4.69, 9.17) is 31.2 Å². The normalized spacial score (nSPS) is 12.0. The Morgan fingerprint density at radius 1 is 1.08 bits per heavy atom. The Bertz CT molecular complexity index is 104. The molecule has 0 heterocycles. The van der Waals surface area contributed by atoms with Crippen molar-refractivity contribution < 1.29 is 19.7 Å². The van der Waals surface area contributed by atoms with Crippen LogP contribution in [-0.2, 0) is 9.47 Å². The van der Waals surface area contributed by atoms with E-state index in [9.17, 15) is 0 Å². The van der Waals surface area contributed by atoms with Crippen molar-refractivity contribution in [1.29, 1.82) is 0 Å². The summed E-state index contributed by atoms with van der Waals surface area (Å²) in [5.74, 6) is -1.78. The third kappa shape index (κ3) is 9.76. The molecule has 6 nitrogen and oxygen atoms in total. The molecule has 0 fully saturated rings. The summed E-state index contributed by atoms with van der Waals surface area (Å²) in [7, 11) is 0. The molecule has 0 atom stereocenters. The van der Waals surface area contributed by atoms with Crippen molar-refractivity contribution in [3.63, 3.8) is 0 Å². The number of nitrogens with two attached hydrogens (primary N) is 2. The number of hydrogen-bond acceptors (Lipinski definition) is 6. The van der Waals surface area contributed by atoms with Gasteiger partial charge in [-0.1, -0.05) is 0 Å². The molecule has 0 saturated carbocycles. The topological polar surface area (TPSA) is 111 Å². The van der Waals surface area contributed by atoms with Crippen molar-refractivity contribution in [1.82, 2.24) is 0 Å². The van der Waals surface area contributed by atoms with Gasteiger partial charge in [0.15, 0.2) is 5.85 Å². The smallest absolute Gasteiger partial charge is 0.191 e. The summed E-state index contributed by atoms with van der Waals surface area (Å²) in [5, 5.41) is 17.1. The molecular formula is C6H16N2O4. The van der Waals surface area contributed by atoms with Gasteiger partial charge in [0.05, 0.1) is 26.4 Å². The average molecular weight is 180 g/mol. The zero-order valence-electron chi connectivity index (χ0n) is 6.90. The highest BCUT2D eigenvalue weighted by atomic mass is 16.5. The quantitative estimate of drug-likeness (QED) is 0.256. The second-order valence-corrected chi connectivity index (χ2v) is 2.38. The summed E-state index contributed by atoms with van der Waals surface area (Å²) in [6.07, 6.45) is 0. The van der Waals surface area contributed by atoms with Gasteiger partial charge >= 0.3 is 0 Å². The fourth-order valence-corrected chi connectivity index (χ4v) is 0.520. The van der Waals surface area contributed by atoms with E-state index < -0.39 is 5.85 Å². The Balaban J connectivity index is 3.01. The van der Waals surface area contributed by atoms with Crippen molar-refractivity contribution in [3.8, 4) is 0 Å². The van der Waals surface area contributed by atoms with Crippen molar-refractivity contribution in [2.45, 2.75) is 5.85 Å². The maximum Gasteiger partial charge on any atom is 0.191 e. The number of ether oxygens (including phenoxy) is 2. The molecule has 0 bridgehead atoms. The summed E-state index contributed by atoms with van der Waals surface area (Å²) < 4.78 is 9.70. The van der Waals surface area contributed by atoms with E-state index in [1.807, 2.05) is 0 Å². The van der Waals surface area contributed by atoms with Gasteiger partial charge in [0.2, 0.25) is 0 Å². The summed E-state index contributed by atoms with van der Waals surface area (Å²) in [6.45, 7) is 0.749. The molecule has 12 heavy (non-hydrogen) atoms. The van der Waals surface area contributed by atoms with Gasteiger partial charge in [-0.25, -0.2) is 0 Å². The van der Waals surface area contributed by atoms with Crippen LogP contribution in [0.2, 0.25) is 0 Å². The number of aliphatic hydroxyl groups excluding tert-OH is 1.